The molecule has 0 amide bonds. The molecule has 2 rings (SSSR count). The SMILES string of the molecule is Oc1ccc(CNC2CCCCCC2O)c(O)c1. The lowest BCUT2D eigenvalue weighted by molar-refractivity contribution is 0.119. The third kappa shape index (κ3) is 3.37. The highest BCUT2D eigenvalue weighted by atomic mass is 16.3. The summed E-state index contributed by atoms with van der Waals surface area (Å²) in [6.07, 6.45) is 4.92. The standard InChI is InChI=1S/C14H21NO3/c16-11-7-6-10(14(18)8-11)9-15-12-4-2-1-3-5-13(12)17/h6-8,12-13,15-18H,1-5,9H2. The molecule has 4 N–H and O–H groups in total. The molecular weight excluding hydrogens is 230 g/mol. The van der Waals surface area contributed by atoms with Gasteiger partial charge in [-0.1, -0.05) is 25.3 Å². The van der Waals surface area contributed by atoms with Crippen LogP contribution in [0.2, 0.25) is 0 Å². The fourth-order valence-corrected chi connectivity index (χ4v) is 2.47. The average molecular weight is 251 g/mol. The van der Waals surface area contributed by atoms with Gasteiger partial charge >= 0.3 is 0 Å². The molecule has 1 aromatic rings. The average Bonchev–Trinajstić information content (AvgIpc) is 2.53. The first-order valence-electron chi connectivity index (χ1n) is 6.59. The molecule has 100 valence electrons. The van der Waals surface area contributed by atoms with Gasteiger partial charge in [0.1, 0.15) is 11.5 Å². The maximum atomic E-state index is 9.98. The lowest BCUT2D eigenvalue weighted by Crippen LogP contribution is -2.38. The number of phenolic OH excluding ortho intramolecular Hbond substituents is 2. The third-order valence-corrected chi connectivity index (χ3v) is 3.60. The van der Waals surface area contributed by atoms with Crippen molar-refractivity contribution in [1.82, 2.24) is 5.32 Å². The Hall–Kier alpha value is -1.26. The summed E-state index contributed by atoms with van der Waals surface area (Å²) in [7, 11) is 0. The molecule has 2 atom stereocenters. The van der Waals surface area contributed by atoms with Crippen LogP contribution in [0.25, 0.3) is 0 Å². The van der Waals surface area contributed by atoms with Crippen LogP contribution in [0.1, 0.15) is 37.7 Å². The molecule has 0 aliphatic heterocycles. The minimum absolute atomic E-state index is 0.0609. The van der Waals surface area contributed by atoms with E-state index in [-0.39, 0.29) is 23.6 Å². The van der Waals surface area contributed by atoms with E-state index in [1.54, 1.807) is 12.1 Å². The fourth-order valence-electron chi connectivity index (χ4n) is 2.47. The number of rotatable bonds is 3. The van der Waals surface area contributed by atoms with Crippen molar-refractivity contribution in [1.29, 1.82) is 0 Å². The number of nitrogens with one attached hydrogen (secondary N) is 1. The fraction of sp³-hybridized carbons (Fsp3) is 0.571. The lowest BCUT2D eigenvalue weighted by atomic mass is 10.1. The second-order valence-corrected chi connectivity index (χ2v) is 5.01. The monoisotopic (exact) mass is 251 g/mol. The van der Waals surface area contributed by atoms with E-state index in [0.717, 1.165) is 31.2 Å². The van der Waals surface area contributed by atoms with Crippen LogP contribution in [-0.4, -0.2) is 27.5 Å². The van der Waals surface area contributed by atoms with E-state index in [0.29, 0.717) is 6.54 Å². The van der Waals surface area contributed by atoms with Crippen molar-refractivity contribution in [3.8, 4) is 11.5 Å². The van der Waals surface area contributed by atoms with Crippen LogP contribution in [0, 0.1) is 0 Å². The van der Waals surface area contributed by atoms with Crippen molar-refractivity contribution in [3.63, 3.8) is 0 Å². The molecule has 0 saturated heterocycles. The predicted molar refractivity (Wildman–Crippen MR) is 69.5 cm³/mol. The quantitative estimate of drug-likeness (QED) is 0.619. The summed E-state index contributed by atoms with van der Waals surface area (Å²) in [6.45, 7) is 0.508. The van der Waals surface area contributed by atoms with Crippen molar-refractivity contribution in [3.05, 3.63) is 23.8 Å². The lowest BCUT2D eigenvalue weighted by Gasteiger charge is -2.22. The zero-order chi connectivity index (χ0) is 13.0. The van der Waals surface area contributed by atoms with Crippen LogP contribution < -0.4 is 5.32 Å². The van der Waals surface area contributed by atoms with Crippen LogP contribution in [0.4, 0.5) is 0 Å². The van der Waals surface area contributed by atoms with Gasteiger partial charge in [0.05, 0.1) is 6.10 Å². The van der Waals surface area contributed by atoms with E-state index >= 15 is 0 Å². The van der Waals surface area contributed by atoms with Gasteiger partial charge in [-0.05, 0) is 18.9 Å². The van der Waals surface area contributed by atoms with Gasteiger partial charge in [0, 0.05) is 24.2 Å². The van der Waals surface area contributed by atoms with Crippen molar-refractivity contribution in [2.75, 3.05) is 0 Å². The van der Waals surface area contributed by atoms with E-state index < -0.39 is 0 Å². The summed E-state index contributed by atoms with van der Waals surface area (Å²) in [5.41, 5.74) is 0.740. The Morgan fingerprint density at radius 1 is 1.11 bits per heavy atom. The summed E-state index contributed by atoms with van der Waals surface area (Å²) in [4.78, 5) is 0. The molecular formula is C14H21NO3. The number of hydrogen-bond donors (Lipinski definition) is 4. The zero-order valence-corrected chi connectivity index (χ0v) is 10.5. The van der Waals surface area contributed by atoms with Crippen LogP contribution in [0.5, 0.6) is 11.5 Å². The van der Waals surface area contributed by atoms with Gasteiger partial charge in [0.25, 0.3) is 0 Å². The summed E-state index contributed by atoms with van der Waals surface area (Å²) >= 11 is 0. The number of phenols is 2. The molecule has 1 aromatic carbocycles. The summed E-state index contributed by atoms with van der Waals surface area (Å²) in [6, 6.07) is 4.68. The van der Waals surface area contributed by atoms with E-state index in [2.05, 4.69) is 5.32 Å². The maximum absolute atomic E-state index is 9.98. The van der Waals surface area contributed by atoms with Gasteiger partial charge in [-0.2, -0.15) is 0 Å². The van der Waals surface area contributed by atoms with Crippen LogP contribution >= 0.6 is 0 Å². The highest BCUT2D eigenvalue weighted by molar-refractivity contribution is 5.38. The van der Waals surface area contributed by atoms with Crippen LogP contribution in [0.15, 0.2) is 18.2 Å². The van der Waals surface area contributed by atoms with E-state index in [1.165, 1.54) is 12.5 Å². The minimum Gasteiger partial charge on any atom is -0.508 e. The van der Waals surface area contributed by atoms with Gasteiger partial charge in [0.2, 0.25) is 0 Å². The Bertz CT molecular complexity index is 395. The van der Waals surface area contributed by atoms with Crippen molar-refractivity contribution < 1.29 is 15.3 Å². The summed E-state index contributed by atoms with van der Waals surface area (Å²) < 4.78 is 0. The second kappa shape index (κ2) is 6.07. The van der Waals surface area contributed by atoms with Gasteiger partial charge in [-0.3, -0.25) is 0 Å². The van der Waals surface area contributed by atoms with E-state index in [4.69, 9.17) is 0 Å². The Morgan fingerprint density at radius 2 is 1.89 bits per heavy atom. The molecule has 2 unspecified atom stereocenters. The van der Waals surface area contributed by atoms with Crippen molar-refractivity contribution in [2.24, 2.45) is 0 Å². The van der Waals surface area contributed by atoms with Gasteiger partial charge in [-0.25, -0.2) is 0 Å². The Morgan fingerprint density at radius 3 is 2.67 bits per heavy atom. The van der Waals surface area contributed by atoms with Crippen LogP contribution in [0.3, 0.4) is 0 Å². The molecule has 1 saturated carbocycles. The molecule has 4 heteroatoms. The molecule has 0 bridgehead atoms. The first-order valence-corrected chi connectivity index (χ1v) is 6.59. The molecule has 0 spiro atoms. The molecule has 0 aromatic heterocycles. The molecule has 0 radical (unpaired) electrons. The number of aliphatic hydroxyl groups excluding tert-OH is 1. The summed E-state index contributed by atoms with van der Waals surface area (Å²) in [5.74, 6) is 0.149. The minimum atomic E-state index is -0.299. The normalized spacial score (nSPS) is 24.7. The largest absolute Gasteiger partial charge is 0.508 e. The van der Waals surface area contributed by atoms with Crippen LogP contribution in [-0.2, 0) is 6.54 Å². The number of hydrogen-bond acceptors (Lipinski definition) is 4. The molecule has 4 nitrogen and oxygen atoms in total. The number of aliphatic hydroxyl groups is 1. The second-order valence-electron chi connectivity index (χ2n) is 5.01. The third-order valence-electron chi connectivity index (χ3n) is 3.60. The first-order chi connectivity index (χ1) is 8.66. The highest BCUT2D eigenvalue weighted by Crippen LogP contribution is 2.23. The van der Waals surface area contributed by atoms with E-state index in [1.807, 2.05) is 0 Å². The number of benzene rings is 1. The smallest absolute Gasteiger partial charge is 0.123 e. The Balaban J connectivity index is 1.93. The van der Waals surface area contributed by atoms with Gasteiger partial charge in [-0.15, -0.1) is 0 Å². The maximum Gasteiger partial charge on any atom is 0.123 e. The number of aromatic hydroxyl groups is 2. The molecule has 1 aliphatic carbocycles. The first kappa shape index (κ1) is 13.2. The predicted octanol–water partition coefficient (Wildman–Crippen LogP) is 1.88. The molecule has 18 heavy (non-hydrogen) atoms. The van der Waals surface area contributed by atoms with Gasteiger partial charge in [0.15, 0.2) is 0 Å². The molecule has 1 fully saturated rings. The van der Waals surface area contributed by atoms with Gasteiger partial charge < -0.3 is 20.6 Å². The summed E-state index contributed by atoms with van der Waals surface area (Å²) in [5, 5.41) is 32.2. The Kier molecular flexibility index (Phi) is 4.44. The van der Waals surface area contributed by atoms with Crippen molar-refractivity contribution in [2.45, 2.75) is 50.8 Å². The Labute approximate surface area is 107 Å². The van der Waals surface area contributed by atoms with Crippen molar-refractivity contribution >= 4 is 0 Å². The highest BCUT2D eigenvalue weighted by Gasteiger charge is 2.21. The molecule has 0 heterocycles. The zero-order valence-electron chi connectivity index (χ0n) is 10.5. The molecule has 1 aliphatic rings. The van der Waals surface area contributed by atoms with E-state index in [9.17, 15) is 15.3 Å². The topological polar surface area (TPSA) is 72.7 Å².